The van der Waals surface area contributed by atoms with Crippen LogP contribution in [0.3, 0.4) is 0 Å². The molecule has 7 nitrogen and oxygen atoms in total. The minimum atomic E-state index is 0.226. The molecule has 0 bridgehead atoms. The van der Waals surface area contributed by atoms with Crippen molar-refractivity contribution in [3.05, 3.63) is 53.9 Å². The fourth-order valence-electron chi connectivity index (χ4n) is 5.02. The first kappa shape index (κ1) is 23.5. The Kier molecular flexibility index (Phi) is 8.15. The van der Waals surface area contributed by atoms with E-state index in [4.69, 9.17) is 0 Å². The predicted octanol–water partition coefficient (Wildman–Crippen LogP) is 2.72. The molecule has 33 heavy (non-hydrogen) atoms. The highest BCUT2D eigenvalue weighted by Crippen LogP contribution is 2.23. The summed E-state index contributed by atoms with van der Waals surface area (Å²) in [5.74, 6) is 0.934. The minimum Gasteiger partial charge on any atom is -0.342 e. The molecule has 3 heterocycles. The van der Waals surface area contributed by atoms with Crippen LogP contribution in [-0.4, -0.2) is 75.6 Å². The van der Waals surface area contributed by atoms with Gasteiger partial charge >= 0.3 is 0 Å². The van der Waals surface area contributed by atoms with Gasteiger partial charge in [-0.25, -0.2) is 0 Å². The lowest BCUT2D eigenvalue weighted by Crippen LogP contribution is -2.48. The second kappa shape index (κ2) is 11.5. The van der Waals surface area contributed by atoms with E-state index in [1.807, 2.05) is 35.3 Å². The van der Waals surface area contributed by atoms with Gasteiger partial charge < -0.3 is 9.80 Å². The quantitative estimate of drug-likeness (QED) is 0.619. The first-order valence-electron chi connectivity index (χ1n) is 12.4. The number of piperidine rings is 1. The van der Waals surface area contributed by atoms with E-state index in [1.165, 1.54) is 5.56 Å². The van der Waals surface area contributed by atoms with Gasteiger partial charge in [0.25, 0.3) is 0 Å². The molecule has 0 aliphatic carbocycles. The number of aryl methyl sites for hydroxylation is 2. The van der Waals surface area contributed by atoms with Crippen molar-refractivity contribution >= 4 is 11.8 Å². The Morgan fingerprint density at radius 1 is 0.939 bits per heavy atom. The van der Waals surface area contributed by atoms with Crippen molar-refractivity contribution in [1.29, 1.82) is 0 Å². The summed E-state index contributed by atoms with van der Waals surface area (Å²) in [6, 6.07) is 10.5. The van der Waals surface area contributed by atoms with Crippen LogP contribution in [0.4, 0.5) is 0 Å². The summed E-state index contributed by atoms with van der Waals surface area (Å²) in [6.45, 7) is 6.09. The number of hydrogen-bond donors (Lipinski definition) is 0. The standard InChI is InChI=1S/C26H37N5O2/c1-28-19-24(18-27-28)10-12-26(33)31-13-5-8-23(21-31)9-11-25(32)30-16-14-29(15-17-30)20-22-6-3-2-4-7-22/h2-4,6-7,18-19,23H,5,8-17,20-21H2,1H3/t23-/m1/s1. The number of likely N-dealkylation sites (tertiary alicyclic amines) is 1. The maximum Gasteiger partial charge on any atom is 0.222 e. The number of carbonyl (C=O) groups excluding carboxylic acids is 2. The molecular formula is C26H37N5O2. The van der Waals surface area contributed by atoms with E-state index in [1.54, 1.807) is 4.68 Å². The van der Waals surface area contributed by atoms with Crippen LogP contribution >= 0.6 is 0 Å². The first-order chi connectivity index (χ1) is 16.1. The zero-order valence-corrected chi connectivity index (χ0v) is 19.9. The van der Waals surface area contributed by atoms with Gasteiger partial charge in [0.1, 0.15) is 0 Å². The summed E-state index contributed by atoms with van der Waals surface area (Å²) in [6.07, 6.45) is 8.71. The summed E-state index contributed by atoms with van der Waals surface area (Å²) in [7, 11) is 1.90. The highest BCUT2D eigenvalue weighted by atomic mass is 16.2. The molecule has 1 atom stereocenters. The fourth-order valence-corrected chi connectivity index (χ4v) is 5.02. The molecule has 1 aromatic carbocycles. The van der Waals surface area contributed by atoms with Gasteiger partial charge in [-0.3, -0.25) is 19.2 Å². The van der Waals surface area contributed by atoms with Crippen molar-refractivity contribution in [2.75, 3.05) is 39.3 Å². The van der Waals surface area contributed by atoms with E-state index < -0.39 is 0 Å². The molecule has 4 rings (SSSR count). The van der Waals surface area contributed by atoms with Crippen LogP contribution in [0.2, 0.25) is 0 Å². The maximum absolute atomic E-state index is 12.8. The van der Waals surface area contributed by atoms with E-state index >= 15 is 0 Å². The van der Waals surface area contributed by atoms with Crippen molar-refractivity contribution in [2.45, 2.75) is 45.1 Å². The Bertz CT molecular complexity index is 904. The number of rotatable bonds is 8. The third-order valence-corrected chi connectivity index (χ3v) is 7.00. The fraction of sp³-hybridized carbons (Fsp3) is 0.577. The Hall–Kier alpha value is -2.67. The van der Waals surface area contributed by atoms with Crippen LogP contribution in [0.25, 0.3) is 0 Å². The molecule has 2 fully saturated rings. The van der Waals surface area contributed by atoms with Crippen molar-refractivity contribution in [3.63, 3.8) is 0 Å². The van der Waals surface area contributed by atoms with Crippen LogP contribution in [0, 0.1) is 5.92 Å². The summed E-state index contributed by atoms with van der Waals surface area (Å²) < 4.78 is 1.77. The van der Waals surface area contributed by atoms with E-state index in [0.717, 1.165) is 77.1 Å². The van der Waals surface area contributed by atoms with Gasteiger partial charge in [-0.1, -0.05) is 30.3 Å². The van der Waals surface area contributed by atoms with Crippen LogP contribution in [0.5, 0.6) is 0 Å². The Morgan fingerprint density at radius 2 is 1.70 bits per heavy atom. The highest BCUT2D eigenvalue weighted by molar-refractivity contribution is 5.77. The van der Waals surface area contributed by atoms with Crippen LogP contribution in [-0.2, 0) is 29.6 Å². The summed E-state index contributed by atoms with van der Waals surface area (Å²) in [5, 5.41) is 4.17. The molecule has 0 radical (unpaired) electrons. The molecule has 0 unspecified atom stereocenters. The number of amides is 2. The van der Waals surface area contributed by atoms with Gasteiger partial charge in [0.2, 0.25) is 11.8 Å². The summed E-state index contributed by atoms with van der Waals surface area (Å²) in [5.41, 5.74) is 2.43. The normalized spacial score (nSPS) is 19.6. The number of aromatic nitrogens is 2. The molecule has 0 N–H and O–H groups in total. The van der Waals surface area contributed by atoms with Crippen LogP contribution in [0.15, 0.2) is 42.7 Å². The molecule has 0 saturated carbocycles. The zero-order chi connectivity index (χ0) is 23.0. The molecule has 178 valence electrons. The van der Waals surface area contributed by atoms with Crippen molar-refractivity contribution in [3.8, 4) is 0 Å². The van der Waals surface area contributed by atoms with Crippen molar-refractivity contribution < 1.29 is 9.59 Å². The second-order valence-corrected chi connectivity index (χ2v) is 9.55. The van der Waals surface area contributed by atoms with E-state index in [-0.39, 0.29) is 11.8 Å². The van der Waals surface area contributed by atoms with Gasteiger partial charge in [0.15, 0.2) is 0 Å². The Morgan fingerprint density at radius 3 is 2.42 bits per heavy atom. The van der Waals surface area contributed by atoms with Gasteiger partial charge in [-0.2, -0.15) is 5.10 Å². The highest BCUT2D eigenvalue weighted by Gasteiger charge is 2.26. The lowest BCUT2D eigenvalue weighted by molar-refractivity contribution is -0.134. The number of hydrogen-bond acceptors (Lipinski definition) is 4. The van der Waals surface area contributed by atoms with Crippen molar-refractivity contribution in [2.24, 2.45) is 13.0 Å². The molecule has 0 spiro atoms. The molecule has 2 saturated heterocycles. The number of benzene rings is 1. The first-order valence-corrected chi connectivity index (χ1v) is 12.4. The third kappa shape index (κ3) is 6.90. The van der Waals surface area contributed by atoms with Gasteiger partial charge in [-0.15, -0.1) is 0 Å². The van der Waals surface area contributed by atoms with Crippen molar-refractivity contribution in [1.82, 2.24) is 24.5 Å². The molecule has 2 amide bonds. The van der Waals surface area contributed by atoms with Gasteiger partial charge in [-0.05, 0) is 42.7 Å². The topological polar surface area (TPSA) is 61.7 Å². The monoisotopic (exact) mass is 451 g/mol. The van der Waals surface area contributed by atoms with E-state index in [9.17, 15) is 9.59 Å². The van der Waals surface area contributed by atoms with E-state index in [2.05, 4.69) is 34.3 Å². The maximum atomic E-state index is 12.8. The van der Waals surface area contributed by atoms with E-state index in [0.29, 0.717) is 18.8 Å². The summed E-state index contributed by atoms with van der Waals surface area (Å²) >= 11 is 0. The molecule has 2 aromatic rings. The average Bonchev–Trinajstić information content (AvgIpc) is 3.27. The average molecular weight is 452 g/mol. The zero-order valence-electron chi connectivity index (χ0n) is 19.9. The molecular weight excluding hydrogens is 414 g/mol. The number of piperazine rings is 1. The minimum absolute atomic E-state index is 0.226. The smallest absolute Gasteiger partial charge is 0.222 e. The molecule has 2 aliphatic rings. The SMILES string of the molecule is Cn1cc(CCC(=O)N2CCC[C@H](CCC(=O)N3CCN(Cc4ccccc4)CC3)C2)cn1. The molecule has 1 aromatic heterocycles. The summed E-state index contributed by atoms with van der Waals surface area (Å²) in [4.78, 5) is 32.0. The Labute approximate surface area is 197 Å². The lowest BCUT2D eigenvalue weighted by atomic mass is 9.92. The van der Waals surface area contributed by atoms with Gasteiger partial charge in [0, 0.05) is 71.9 Å². The third-order valence-electron chi connectivity index (χ3n) is 7.00. The van der Waals surface area contributed by atoms with Gasteiger partial charge in [0.05, 0.1) is 6.20 Å². The number of nitrogens with zero attached hydrogens (tertiary/aromatic N) is 5. The molecule has 2 aliphatic heterocycles. The predicted molar refractivity (Wildman–Crippen MR) is 128 cm³/mol. The Balaban J connectivity index is 1.15. The van der Waals surface area contributed by atoms with Crippen LogP contribution in [0.1, 0.15) is 43.2 Å². The van der Waals surface area contributed by atoms with Crippen LogP contribution < -0.4 is 0 Å². The number of carbonyl (C=O) groups is 2. The second-order valence-electron chi connectivity index (χ2n) is 9.55. The largest absolute Gasteiger partial charge is 0.342 e. The lowest BCUT2D eigenvalue weighted by Gasteiger charge is -2.36. The molecule has 7 heteroatoms.